The quantitative estimate of drug-likeness (QED) is 0.637. The van der Waals surface area contributed by atoms with E-state index in [0.29, 0.717) is 11.3 Å². The van der Waals surface area contributed by atoms with Gasteiger partial charge in [0.1, 0.15) is 0 Å². The largest absolute Gasteiger partial charge is 0.478 e. The summed E-state index contributed by atoms with van der Waals surface area (Å²) in [6, 6.07) is 5.44. The second-order valence-electron chi connectivity index (χ2n) is 3.28. The van der Waals surface area contributed by atoms with Crippen molar-refractivity contribution in [2.75, 3.05) is 11.6 Å². The molecule has 1 rings (SSSR count). The van der Waals surface area contributed by atoms with Gasteiger partial charge in [0, 0.05) is 17.9 Å². The van der Waals surface area contributed by atoms with Crippen LogP contribution in [0.2, 0.25) is 0 Å². The van der Waals surface area contributed by atoms with Crippen molar-refractivity contribution >= 4 is 35.4 Å². The molecule has 0 radical (unpaired) electrons. The number of thioether (sulfide) groups is 1. The van der Waals surface area contributed by atoms with Crippen LogP contribution >= 0.6 is 11.8 Å². The van der Waals surface area contributed by atoms with Gasteiger partial charge in [0.05, 0.1) is 5.69 Å². The highest BCUT2D eigenvalue weighted by atomic mass is 32.2. The van der Waals surface area contributed by atoms with Crippen LogP contribution in [0.4, 0.5) is 5.69 Å². The van der Waals surface area contributed by atoms with E-state index in [9.17, 15) is 9.59 Å². The maximum Gasteiger partial charge on any atom is 0.328 e. The second kappa shape index (κ2) is 6.10. The van der Waals surface area contributed by atoms with Gasteiger partial charge in [-0.2, -0.15) is 0 Å². The van der Waals surface area contributed by atoms with Gasteiger partial charge in [-0.05, 0) is 24.0 Å². The molecule has 0 fully saturated rings. The summed E-state index contributed by atoms with van der Waals surface area (Å²) in [5.74, 6) is -1.20. The van der Waals surface area contributed by atoms with Gasteiger partial charge in [0.2, 0.25) is 5.91 Å². The predicted molar refractivity (Wildman–Crippen MR) is 69.2 cm³/mol. The summed E-state index contributed by atoms with van der Waals surface area (Å²) in [6.45, 7) is 1.42. The van der Waals surface area contributed by atoms with Gasteiger partial charge in [0.15, 0.2) is 0 Å². The normalized spacial score (nSPS) is 10.5. The fourth-order valence-electron chi connectivity index (χ4n) is 1.33. The van der Waals surface area contributed by atoms with Crippen LogP contribution in [0, 0.1) is 0 Å². The van der Waals surface area contributed by atoms with Crippen LogP contribution in [-0.2, 0) is 9.59 Å². The van der Waals surface area contributed by atoms with E-state index >= 15 is 0 Å². The van der Waals surface area contributed by atoms with E-state index in [1.165, 1.54) is 24.8 Å². The molecular weight excluding hydrogens is 238 g/mol. The molecule has 5 heteroatoms. The maximum absolute atomic E-state index is 11.1. The van der Waals surface area contributed by atoms with Crippen molar-refractivity contribution in [2.24, 2.45) is 0 Å². The standard InChI is InChI=1S/C12H13NO3S/c1-8(14)13-12-9(6-7-11(15)16)4-3-5-10(12)17-2/h3-7H,1-2H3,(H,13,14)(H,15,16). The van der Waals surface area contributed by atoms with Gasteiger partial charge in [-0.15, -0.1) is 11.8 Å². The molecule has 0 heterocycles. The molecule has 17 heavy (non-hydrogen) atoms. The number of aliphatic carboxylic acids is 1. The molecule has 0 spiro atoms. The van der Waals surface area contributed by atoms with Crippen LogP contribution in [0.1, 0.15) is 12.5 Å². The minimum absolute atomic E-state index is 0.184. The molecular formula is C12H13NO3S. The molecule has 0 saturated carbocycles. The van der Waals surface area contributed by atoms with E-state index in [1.807, 2.05) is 18.4 Å². The summed E-state index contributed by atoms with van der Waals surface area (Å²) in [5, 5.41) is 11.3. The zero-order chi connectivity index (χ0) is 12.8. The maximum atomic E-state index is 11.1. The average Bonchev–Trinajstić information content (AvgIpc) is 2.26. The molecule has 0 saturated heterocycles. The molecule has 1 aromatic rings. The third-order valence-corrected chi connectivity index (χ3v) is 2.76. The summed E-state index contributed by atoms with van der Waals surface area (Å²) in [6.07, 6.45) is 4.41. The Balaban J connectivity index is 3.18. The lowest BCUT2D eigenvalue weighted by molar-refractivity contribution is -0.131. The summed E-state index contributed by atoms with van der Waals surface area (Å²) in [4.78, 5) is 22.5. The molecule has 0 aliphatic rings. The highest BCUT2D eigenvalue weighted by Crippen LogP contribution is 2.29. The highest BCUT2D eigenvalue weighted by Gasteiger charge is 2.07. The van der Waals surface area contributed by atoms with Crippen LogP contribution in [-0.4, -0.2) is 23.2 Å². The first kappa shape index (κ1) is 13.3. The van der Waals surface area contributed by atoms with Crippen LogP contribution in [0.3, 0.4) is 0 Å². The van der Waals surface area contributed by atoms with Gasteiger partial charge < -0.3 is 10.4 Å². The van der Waals surface area contributed by atoms with Gasteiger partial charge >= 0.3 is 5.97 Å². The first-order chi connectivity index (χ1) is 8.04. The molecule has 2 N–H and O–H groups in total. The Bertz CT molecular complexity index is 469. The molecule has 4 nitrogen and oxygen atoms in total. The molecule has 90 valence electrons. The van der Waals surface area contributed by atoms with Crippen LogP contribution < -0.4 is 5.32 Å². The van der Waals surface area contributed by atoms with Crippen molar-refractivity contribution in [3.63, 3.8) is 0 Å². The highest BCUT2D eigenvalue weighted by molar-refractivity contribution is 7.98. The Morgan fingerprint density at radius 1 is 1.41 bits per heavy atom. The number of hydrogen-bond acceptors (Lipinski definition) is 3. The lowest BCUT2D eigenvalue weighted by Gasteiger charge is -2.11. The summed E-state index contributed by atoms with van der Waals surface area (Å²) >= 11 is 1.49. The monoisotopic (exact) mass is 251 g/mol. The zero-order valence-electron chi connectivity index (χ0n) is 9.56. The van der Waals surface area contributed by atoms with Crippen LogP contribution in [0.15, 0.2) is 29.2 Å². The lowest BCUT2D eigenvalue weighted by atomic mass is 10.1. The third-order valence-electron chi connectivity index (χ3n) is 1.98. The molecule has 0 aliphatic heterocycles. The summed E-state index contributed by atoms with van der Waals surface area (Å²) < 4.78 is 0. The molecule has 0 aromatic heterocycles. The van der Waals surface area contributed by atoms with Gasteiger partial charge in [-0.3, -0.25) is 4.79 Å². The van der Waals surface area contributed by atoms with Crippen molar-refractivity contribution in [3.05, 3.63) is 29.8 Å². The minimum Gasteiger partial charge on any atom is -0.478 e. The fraction of sp³-hybridized carbons (Fsp3) is 0.167. The van der Waals surface area contributed by atoms with E-state index in [4.69, 9.17) is 5.11 Å². The number of carboxylic acids is 1. The van der Waals surface area contributed by atoms with Crippen molar-refractivity contribution in [1.29, 1.82) is 0 Å². The predicted octanol–water partition coefficient (Wildman–Crippen LogP) is 2.46. The number of para-hydroxylation sites is 1. The summed E-state index contributed by atoms with van der Waals surface area (Å²) in [5.41, 5.74) is 1.32. The first-order valence-electron chi connectivity index (χ1n) is 4.90. The van der Waals surface area contributed by atoms with E-state index in [1.54, 1.807) is 6.07 Å². The van der Waals surface area contributed by atoms with E-state index in [-0.39, 0.29) is 5.91 Å². The van der Waals surface area contributed by atoms with Gasteiger partial charge in [-0.25, -0.2) is 4.79 Å². The number of nitrogens with one attached hydrogen (secondary N) is 1. The van der Waals surface area contributed by atoms with Crippen molar-refractivity contribution in [3.8, 4) is 0 Å². The number of carboxylic acid groups (broad SMARTS) is 1. The van der Waals surface area contributed by atoms with Crippen molar-refractivity contribution in [2.45, 2.75) is 11.8 Å². The molecule has 1 amide bonds. The molecule has 1 aromatic carbocycles. The zero-order valence-corrected chi connectivity index (χ0v) is 10.4. The molecule has 0 aliphatic carbocycles. The minimum atomic E-state index is -1.02. The van der Waals surface area contributed by atoms with E-state index < -0.39 is 5.97 Å². The van der Waals surface area contributed by atoms with E-state index in [0.717, 1.165) is 11.0 Å². The number of amides is 1. The molecule has 0 unspecified atom stereocenters. The van der Waals surface area contributed by atoms with Gasteiger partial charge in [0.25, 0.3) is 0 Å². The smallest absolute Gasteiger partial charge is 0.328 e. The second-order valence-corrected chi connectivity index (χ2v) is 4.13. The topological polar surface area (TPSA) is 66.4 Å². The van der Waals surface area contributed by atoms with Gasteiger partial charge in [-0.1, -0.05) is 12.1 Å². The Kier molecular flexibility index (Phi) is 4.78. The summed E-state index contributed by atoms with van der Waals surface area (Å²) in [7, 11) is 0. The van der Waals surface area contributed by atoms with Crippen LogP contribution in [0.5, 0.6) is 0 Å². The number of carbonyl (C=O) groups excluding carboxylic acids is 1. The third kappa shape index (κ3) is 3.96. The Morgan fingerprint density at radius 2 is 2.12 bits per heavy atom. The lowest BCUT2D eigenvalue weighted by Crippen LogP contribution is -2.08. The Labute approximate surface area is 104 Å². The number of rotatable bonds is 4. The molecule has 0 atom stereocenters. The number of anilines is 1. The van der Waals surface area contributed by atoms with E-state index in [2.05, 4.69) is 5.32 Å². The fourth-order valence-corrected chi connectivity index (χ4v) is 1.92. The van der Waals surface area contributed by atoms with Crippen molar-refractivity contribution < 1.29 is 14.7 Å². The number of carbonyl (C=O) groups is 2. The first-order valence-corrected chi connectivity index (χ1v) is 6.12. The Morgan fingerprint density at radius 3 is 2.65 bits per heavy atom. The molecule has 0 bridgehead atoms. The SMILES string of the molecule is CSc1cccc(C=CC(=O)O)c1NC(C)=O. The average molecular weight is 251 g/mol. The van der Waals surface area contributed by atoms with Crippen molar-refractivity contribution in [1.82, 2.24) is 0 Å². The number of hydrogen-bond donors (Lipinski definition) is 2. The Hall–Kier alpha value is -1.75. The number of benzene rings is 1. The van der Waals surface area contributed by atoms with Crippen LogP contribution in [0.25, 0.3) is 6.08 Å².